The summed E-state index contributed by atoms with van der Waals surface area (Å²) in [6.07, 6.45) is -4.17. The van der Waals surface area contributed by atoms with Gasteiger partial charge in [-0.3, -0.25) is 9.59 Å². The van der Waals surface area contributed by atoms with Crippen molar-refractivity contribution in [2.45, 2.75) is 30.7 Å². The van der Waals surface area contributed by atoms with Gasteiger partial charge in [-0.15, -0.1) is 0 Å². The fourth-order valence-corrected chi connectivity index (χ4v) is 4.89. The van der Waals surface area contributed by atoms with Crippen molar-refractivity contribution in [1.82, 2.24) is 9.80 Å². The van der Waals surface area contributed by atoms with Gasteiger partial charge in [0.25, 0.3) is 11.8 Å². The Morgan fingerprint density at radius 1 is 1.12 bits per heavy atom. The SMILES string of the molecule is O=C1[C@H]2C3CC(CN3C(=O)COc3ccc(Cl)cc3)N2C(=O)N1c1cccc(C(F)(F)F)c1. The molecule has 0 saturated carbocycles. The van der Waals surface area contributed by atoms with Crippen LogP contribution in [0.5, 0.6) is 5.75 Å². The van der Waals surface area contributed by atoms with E-state index in [1.165, 1.54) is 15.9 Å². The highest BCUT2D eigenvalue weighted by atomic mass is 35.5. The Morgan fingerprint density at radius 3 is 2.55 bits per heavy atom. The second-order valence-corrected chi connectivity index (χ2v) is 8.54. The van der Waals surface area contributed by atoms with Crippen LogP contribution in [-0.4, -0.2) is 58.9 Å². The third-order valence-electron chi connectivity index (χ3n) is 6.19. The van der Waals surface area contributed by atoms with Crippen LogP contribution in [0.15, 0.2) is 48.5 Å². The van der Waals surface area contributed by atoms with Crippen LogP contribution in [0.4, 0.5) is 23.7 Å². The number of urea groups is 1. The lowest BCUT2D eigenvalue weighted by Gasteiger charge is -2.34. The molecule has 3 heterocycles. The molecular formula is C22H17ClF3N3O4. The number of nitrogens with zero attached hydrogens (tertiary/aromatic N) is 3. The van der Waals surface area contributed by atoms with Gasteiger partial charge in [0, 0.05) is 11.6 Å². The Labute approximate surface area is 191 Å². The third-order valence-corrected chi connectivity index (χ3v) is 6.44. The molecule has 0 aliphatic carbocycles. The molecule has 3 aliphatic rings. The number of rotatable bonds is 4. The summed E-state index contributed by atoms with van der Waals surface area (Å²) < 4.78 is 44.8. The summed E-state index contributed by atoms with van der Waals surface area (Å²) in [7, 11) is 0. The summed E-state index contributed by atoms with van der Waals surface area (Å²) in [5, 5.41) is 0.528. The third kappa shape index (κ3) is 3.58. The smallest absolute Gasteiger partial charge is 0.416 e. The van der Waals surface area contributed by atoms with E-state index in [9.17, 15) is 27.6 Å². The van der Waals surface area contributed by atoms with Gasteiger partial charge in [-0.1, -0.05) is 17.7 Å². The quantitative estimate of drug-likeness (QED) is 0.629. The van der Waals surface area contributed by atoms with Crippen molar-refractivity contribution in [3.63, 3.8) is 0 Å². The Bertz CT molecular complexity index is 1140. The standard InChI is InChI=1S/C22H17ClF3N3O4/c23-13-4-6-16(7-5-13)33-11-18(30)27-10-15-9-17(27)19-20(31)29(21(32)28(15)19)14-3-1-2-12(8-14)22(24,25)26/h1-8,15,17,19H,9-11H2/t15?,17?,19-/m1/s1. The largest absolute Gasteiger partial charge is 0.484 e. The highest BCUT2D eigenvalue weighted by Crippen LogP contribution is 2.43. The van der Waals surface area contributed by atoms with Gasteiger partial charge in [-0.25, -0.2) is 9.69 Å². The minimum Gasteiger partial charge on any atom is -0.484 e. The second kappa shape index (κ2) is 7.65. The number of anilines is 1. The van der Waals surface area contributed by atoms with E-state index in [0.29, 0.717) is 17.2 Å². The van der Waals surface area contributed by atoms with Gasteiger partial charge in [-0.05, 0) is 48.9 Å². The number of imide groups is 1. The van der Waals surface area contributed by atoms with Gasteiger partial charge in [0.05, 0.1) is 23.3 Å². The van der Waals surface area contributed by atoms with Crippen LogP contribution in [0.3, 0.4) is 0 Å². The van der Waals surface area contributed by atoms with Crippen molar-refractivity contribution < 1.29 is 32.3 Å². The van der Waals surface area contributed by atoms with Gasteiger partial charge in [0.15, 0.2) is 6.61 Å². The zero-order valence-corrected chi connectivity index (χ0v) is 17.7. The maximum atomic E-state index is 13.1. The van der Waals surface area contributed by atoms with E-state index in [2.05, 4.69) is 0 Å². The predicted octanol–water partition coefficient (Wildman–Crippen LogP) is 3.56. The van der Waals surface area contributed by atoms with E-state index in [0.717, 1.165) is 23.1 Å². The first-order valence-electron chi connectivity index (χ1n) is 10.2. The molecule has 7 nitrogen and oxygen atoms in total. The van der Waals surface area contributed by atoms with Crippen LogP contribution in [0, 0.1) is 0 Å². The Kier molecular flexibility index (Phi) is 5.00. The van der Waals surface area contributed by atoms with Crippen LogP contribution in [0.1, 0.15) is 12.0 Å². The molecule has 0 spiro atoms. The maximum Gasteiger partial charge on any atom is 0.416 e. The Morgan fingerprint density at radius 2 is 1.85 bits per heavy atom. The molecule has 3 atom stereocenters. The summed E-state index contributed by atoms with van der Waals surface area (Å²) in [6.45, 7) is -0.0174. The van der Waals surface area contributed by atoms with Crippen LogP contribution in [-0.2, 0) is 15.8 Å². The molecule has 3 saturated heterocycles. The van der Waals surface area contributed by atoms with Crippen molar-refractivity contribution in [3.8, 4) is 5.75 Å². The Hall–Kier alpha value is -3.27. The van der Waals surface area contributed by atoms with E-state index in [1.54, 1.807) is 24.3 Å². The average molecular weight is 480 g/mol. The maximum absolute atomic E-state index is 13.1. The first kappa shape index (κ1) is 21.6. The highest BCUT2D eigenvalue weighted by molar-refractivity contribution is 6.30. The number of halogens is 4. The van der Waals surface area contributed by atoms with Crippen molar-refractivity contribution in [1.29, 1.82) is 0 Å². The first-order chi connectivity index (χ1) is 15.6. The van der Waals surface area contributed by atoms with Gasteiger partial charge in [0.1, 0.15) is 11.8 Å². The number of hydrogen-bond acceptors (Lipinski definition) is 4. The minimum atomic E-state index is -4.61. The highest BCUT2D eigenvalue weighted by Gasteiger charge is 2.62. The topological polar surface area (TPSA) is 70.2 Å². The molecule has 0 N–H and O–H groups in total. The molecule has 2 aromatic rings. The van der Waals surface area contributed by atoms with Crippen LogP contribution >= 0.6 is 11.6 Å². The fraction of sp³-hybridized carbons (Fsp3) is 0.318. The predicted molar refractivity (Wildman–Crippen MR) is 111 cm³/mol. The number of carbonyl (C=O) groups excluding carboxylic acids is 3. The number of hydrogen-bond donors (Lipinski definition) is 0. The van der Waals surface area contributed by atoms with E-state index < -0.39 is 35.8 Å². The molecular weight excluding hydrogens is 463 g/mol. The number of fused-ring (bicyclic) bond motifs is 5. The molecule has 11 heteroatoms. The summed E-state index contributed by atoms with van der Waals surface area (Å²) >= 11 is 5.83. The number of ether oxygens (including phenoxy) is 1. The first-order valence-corrected chi connectivity index (χ1v) is 10.5. The normalized spacial score (nSPS) is 24.0. The van der Waals surface area contributed by atoms with Gasteiger partial charge < -0.3 is 14.5 Å². The van der Waals surface area contributed by atoms with Crippen molar-refractivity contribution in [3.05, 3.63) is 59.1 Å². The van der Waals surface area contributed by atoms with Crippen LogP contribution in [0.25, 0.3) is 0 Å². The van der Waals surface area contributed by atoms with Crippen molar-refractivity contribution in [2.24, 2.45) is 0 Å². The zero-order chi connectivity index (χ0) is 23.5. The lowest BCUT2D eigenvalue weighted by Crippen LogP contribution is -2.55. The Balaban J connectivity index is 1.33. The number of likely N-dealkylation sites (tertiary alicyclic amines) is 1. The number of alkyl halides is 3. The molecule has 0 radical (unpaired) electrons. The molecule has 4 amide bonds. The van der Waals surface area contributed by atoms with Crippen molar-refractivity contribution in [2.75, 3.05) is 18.1 Å². The molecule has 33 heavy (non-hydrogen) atoms. The van der Waals surface area contributed by atoms with Crippen LogP contribution in [0.2, 0.25) is 5.02 Å². The molecule has 2 unspecified atom stereocenters. The zero-order valence-electron chi connectivity index (χ0n) is 17.0. The minimum absolute atomic E-state index is 0.141. The van der Waals surface area contributed by atoms with Gasteiger partial charge >= 0.3 is 12.2 Å². The molecule has 0 aromatic heterocycles. The number of benzene rings is 2. The van der Waals surface area contributed by atoms with Crippen LogP contribution < -0.4 is 9.64 Å². The lowest BCUT2D eigenvalue weighted by atomic mass is 10.1. The summed E-state index contributed by atoms with van der Waals surface area (Å²) in [4.78, 5) is 42.6. The average Bonchev–Trinajstić information content (AvgIpc) is 3.44. The summed E-state index contributed by atoms with van der Waals surface area (Å²) in [5.41, 5.74) is -1.09. The summed E-state index contributed by atoms with van der Waals surface area (Å²) in [6, 6.07) is 8.08. The number of carbonyl (C=O) groups is 3. The van der Waals surface area contributed by atoms with Gasteiger partial charge in [0.2, 0.25) is 0 Å². The monoisotopic (exact) mass is 479 g/mol. The second-order valence-electron chi connectivity index (χ2n) is 8.10. The molecule has 2 bridgehead atoms. The summed E-state index contributed by atoms with van der Waals surface area (Å²) in [5.74, 6) is -0.514. The number of amides is 4. The van der Waals surface area contributed by atoms with Crippen molar-refractivity contribution >= 4 is 35.1 Å². The number of piperazine rings is 1. The fourth-order valence-electron chi connectivity index (χ4n) is 4.76. The van der Waals surface area contributed by atoms with Gasteiger partial charge in [-0.2, -0.15) is 13.2 Å². The van der Waals surface area contributed by atoms with E-state index >= 15 is 0 Å². The molecule has 3 fully saturated rings. The van der Waals surface area contributed by atoms with E-state index in [-0.39, 0.29) is 30.8 Å². The molecule has 3 aliphatic heterocycles. The molecule has 5 rings (SSSR count). The molecule has 172 valence electrons. The molecule has 2 aromatic carbocycles. The van der Waals surface area contributed by atoms with E-state index in [4.69, 9.17) is 16.3 Å². The lowest BCUT2D eigenvalue weighted by molar-refractivity contribution is -0.138. The van der Waals surface area contributed by atoms with E-state index in [1.807, 2.05) is 0 Å².